The van der Waals surface area contributed by atoms with E-state index in [-0.39, 0.29) is 12.5 Å². The highest BCUT2D eigenvalue weighted by atomic mass is 35.5. The fraction of sp³-hybridized carbons (Fsp3) is 0.333. The van der Waals surface area contributed by atoms with Crippen molar-refractivity contribution in [1.82, 2.24) is 30.0 Å². The summed E-state index contributed by atoms with van der Waals surface area (Å²) in [6.45, 7) is 6.27. The maximum Gasteiger partial charge on any atom is 0.246 e. The molecule has 3 aromatic rings. The number of nitrogens with zero attached hydrogens (tertiary/aromatic N) is 6. The number of tetrazole rings is 1. The van der Waals surface area contributed by atoms with Gasteiger partial charge in [-0.25, -0.2) is 0 Å². The number of halogens is 1. The van der Waals surface area contributed by atoms with Gasteiger partial charge in [-0.15, -0.1) is 10.2 Å². The van der Waals surface area contributed by atoms with Gasteiger partial charge >= 0.3 is 0 Å². The molecule has 0 radical (unpaired) electrons. The Morgan fingerprint density at radius 2 is 1.83 bits per heavy atom. The average molecular weight is 411 g/mol. The minimum atomic E-state index is 0.0141. The first-order valence-corrected chi connectivity index (χ1v) is 10.0. The van der Waals surface area contributed by atoms with Crippen LogP contribution in [0.1, 0.15) is 11.1 Å². The maximum atomic E-state index is 12.6. The van der Waals surface area contributed by atoms with Crippen LogP contribution in [0.2, 0.25) is 5.02 Å². The summed E-state index contributed by atoms with van der Waals surface area (Å²) in [5, 5.41) is 13.0. The van der Waals surface area contributed by atoms with E-state index in [0.717, 1.165) is 25.2 Å². The van der Waals surface area contributed by atoms with Gasteiger partial charge in [-0.1, -0.05) is 41.4 Å². The molecule has 0 spiro atoms. The monoisotopic (exact) mass is 410 g/mol. The molecule has 1 amide bonds. The highest BCUT2D eigenvalue weighted by Crippen LogP contribution is 2.17. The minimum absolute atomic E-state index is 0.0141. The number of rotatable bonds is 5. The number of aromatic nitrogens is 4. The predicted octanol–water partition coefficient (Wildman–Crippen LogP) is 2.65. The van der Waals surface area contributed by atoms with Gasteiger partial charge in [-0.2, -0.15) is 4.80 Å². The Bertz CT molecular complexity index is 979. The van der Waals surface area contributed by atoms with E-state index in [1.807, 2.05) is 17.0 Å². The van der Waals surface area contributed by atoms with Crippen LogP contribution in [0, 0.1) is 6.92 Å². The van der Waals surface area contributed by atoms with Gasteiger partial charge in [0.05, 0.1) is 0 Å². The van der Waals surface area contributed by atoms with Gasteiger partial charge in [-0.05, 0) is 42.0 Å². The zero-order valence-corrected chi connectivity index (χ0v) is 17.1. The van der Waals surface area contributed by atoms with Crippen molar-refractivity contribution in [2.45, 2.75) is 20.0 Å². The van der Waals surface area contributed by atoms with Gasteiger partial charge in [0.1, 0.15) is 6.54 Å². The molecule has 2 heterocycles. The number of amides is 1. The first kappa shape index (κ1) is 19.5. The second-order valence-corrected chi connectivity index (χ2v) is 7.73. The van der Waals surface area contributed by atoms with Gasteiger partial charge in [-0.3, -0.25) is 9.69 Å². The highest BCUT2D eigenvalue weighted by Gasteiger charge is 2.22. The second-order valence-electron chi connectivity index (χ2n) is 7.30. The van der Waals surface area contributed by atoms with Crippen molar-refractivity contribution < 1.29 is 4.79 Å². The maximum absolute atomic E-state index is 12.6. The molecule has 4 rings (SSSR count). The molecule has 0 N–H and O–H groups in total. The normalized spacial score (nSPS) is 14.9. The fourth-order valence-electron chi connectivity index (χ4n) is 3.47. The number of carbonyl (C=O) groups is 1. The van der Waals surface area contributed by atoms with Crippen molar-refractivity contribution in [2.75, 3.05) is 26.2 Å². The first-order valence-electron chi connectivity index (χ1n) is 9.66. The Morgan fingerprint density at radius 3 is 2.55 bits per heavy atom. The van der Waals surface area contributed by atoms with Gasteiger partial charge < -0.3 is 4.90 Å². The third-order valence-corrected chi connectivity index (χ3v) is 5.30. The number of benzene rings is 2. The van der Waals surface area contributed by atoms with Crippen molar-refractivity contribution >= 4 is 17.5 Å². The Hall–Kier alpha value is -2.77. The molecule has 0 saturated carbocycles. The number of piperazine rings is 1. The van der Waals surface area contributed by atoms with Crippen molar-refractivity contribution in [3.05, 3.63) is 64.7 Å². The van der Waals surface area contributed by atoms with Gasteiger partial charge in [0.2, 0.25) is 11.7 Å². The Morgan fingerprint density at radius 1 is 1.07 bits per heavy atom. The SMILES string of the molecule is Cc1cccc(CN2CCN(C(=O)Cn3nnc(-c4ccc(Cl)cc4)n3)CC2)c1. The number of hydrogen-bond donors (Lipinski definition) is 0. The third kappa shape index (κ3) is 4.99. The lowest BCUT2D eigenvalue weighted by Gasteiger charge is -2.34. The van der Waals surface area contributed by atoms with Crippen molar-refractivity contribution in [2.24, 2.45) is 0 Å². The quantitative estimate of drug-likeness (QED) is 0.646. The lowest BCUT2D eigenvalue weighted by atomic mass is 10.1. The summed E-state index contributed by atoms with van der Waals surface area (Å²) in [6.07, 6.45) is 0. The van der Waals surface area contributed by atoms with Gasteiger partial charge in [0, 0.05) is 43.3 Å². The zero-order chi connectivity index (χ0) is 20.2. The minimum Gasteiger partial charge on any atom is -0.338 e. The van der Waals surface area contributed by atoms with Crippen LogP contribution in [0.25, 0.3) is 11.4 Å². The van der Waals surface area contributed by atoms with Crippen molar-refractivity contribution in [3.63, 3.8) is 0 Å². The van der Waals surface area contributed by atoms with E-state index in [2.05, 4.69) is 51.5 Å². The summed E-state index contributed by atoms with van der Waals surface area (Å²) in [5.74, 6) is 0.498. The average Bonchev–Trinajstić information content (AvgIpc) is 3.17. The molecule has 150 valence electrons. The number of aryl methyl sites for hydroxylation is 1. The molecule has 1 aromatic heterocycles. The van der Waals surface area contributed by atoms with E-state index >= 15 is 0 Å². The smallest absolute Gasteiger partial charge is 0.246 e. The molecule has 1 aliphatic heterocycles. The molecule has 2 aromatic carbocycles. The van der Waals surface area contributed by atoms with Crippen molar-refractivity contribution in [1.29, 1.82) is 0 Å². The molecule has 1 fully saturated rings. The molecule has 0 bridgehead atoms. The highest BCUT2D eigenvalue weighted by molar-refractivity contribution is 6.30. The molecule has 1 saturated heterocycles. The van der Waals surface area contributed by atoms with E-state index in [0.29, 0.717) is 23.9 Å². The standard InChI is InChI=1S/C21H23ClN6O/c1-16-3-2-4-17(13-16)14-26-9-11-27(12-10-26)20(29)15-28-24-21(23-25-28)18-5-7-19(22)8-6-18/h2-8,13H,9-12,14-15H2,1H3. The van der Waals surface area contributed by atoms with E-state index in [9.17, 15) is 4.79 Å². The first-order chi connectivity index (χ1) is 14.1. The molecule has 0 unspecified atom stereocenters. The molecular weight excluding hydrogens is 388 g/mol. The Labute approximate surface area is 174 Å². The summed E-state index contributed by atoms with van der Waals surface area (Å²) in [4.78, 5) is 18.2. The van der Waals surface area contributed by atoms with Crippen molar-refractivity contribution in [3.8, 4) is 11.4 Å². The molecule has 8 heteroatoms. The zero-order valence-electron chi connectivity index (χ0n) is 16.3. The fourth-order valence-corrected chi connectivity index (χ4v) is 3.60. The molecular formula is C21H23ClN6O. The lowest BCUT2D eigenvalue weighted by Crippen LogP contribution is -2.49. The van der Waals surface area contributed by atoms with Crippen LogP contribution in [0.4, 0.5) is 0 Å². The molecule has 29 heavy (non-hydrogen) atoms. The summed E-state index contributed by atoms with van der Waals surface area (Å²) >= 11 is 5.91. The topological polar surface area (TPSA) is 67.2 Å². The predicted molar refractivity (Wildman–Crippen MR) is 111 cm³/mol. The number of hydrogen-bond acceptors (Lipinski definition) is 5. The summed E-state index contributed by atoms with van der Waals surface area (Å²) in [5.41, 5.74) is 3.40. The third-order valence-electron chi connectivity index (χ3n) is 5.05. The molecule has 0 atom stereocenters. The van der Waals surface area contributed by atoms with Crippen LogP contribution in [0.15, 0.2) is 48.5 Å². The second kappa shape index (κ2) is 8.71. The van der Waals surface area contributed by atoms with E-state index in [1.54, 1.807) is 12.1 Å². The molecule has 0 aliphatic carbocycles. The largest absolute Gasteiger partial charge is 0.338 e. The van der Waals surface area contributed by atoms with E-state index in [1.165, 1.54) is 15.9 Å². The van der Waals surface area contributed by atoms with Gasteiger partial charge in [0.25, 0.3) is 0 Å². The van der Waals surface area contributed by atoms with Crippen LogP contribution >= 0.6 is 11.6 Å². The van der Waals surface area contributed by atoms with Crippen LogP contribution in [-0.4, -0.2) is 62.1 Å². The number of carbonyl (C=O) groups excluding carboxylic acids is 1. The van der Waals surface area contributed by atoms with Crippen LogP contribution in [0.5, 0.6) is 0 Å². The summed E-state index contributed by atoms with van der Waals surface area (Å²) in [7, 11) is 0. The molecule has 1 aliphatic rings. The lowest BCUT2D eigenvalue weighted by molar-refractivity contribution is -0.134. The molecule has 7 nitrogen and oxygen atoms in total. The van der Waals surface area contributed by atoms with Crippen LogP contribution in [0.3, 0.4) is 0 Å². The van der Waals surface area contributed by atoms with Crippen LogP contribution < -0.4 is 0 Å². The van der Waals surface area contributed by atoms with Gasteiger partial charge in [0.15, 0.2) is 0 Å². The van der Waals surface area contributed by atoms with E-state index < -0.39 is 0 Å². The van der Waals surface area contributed by atoms with E-state index in [4.69, 9.17) is 11.6 Å². The Kier molecular flexibility index (Phi) is 5.87. The summed E-state index contributed by atoms with van der Waals surface area (Å²) < 4.78 is 0. The van der Waals surface area contributed by atoms with Crippen LogP contribution in [-0.2, 0) is 17.9 Å². The summed E-state index contributed by atoms with van der Waals surface area (Å²) in [6, 6.07) is 15.8. The Balaban J connectivity index is 1.29.